The van der Waals surface area contributed by atoms with E-state index in [0.29, 0.717) is 5.91 Å². The number of likely N-dealkylation sites (tertiary alicyclic amines) is 1. The van der Waals surface area contributed by atoms with Crippen LogP contribution < -0.4 is 0 Å². The lowest BCUT2D eigenvalue weighted by atomic mass is 10.0. The number of amides is 1. The molecule has 0 spiro atoms. The first-order valence-corrected chi connectivity index (χ1v) is 9.40. The van der Waals surface area contributed by atoms with Gasteiger partial charge in [0.1, 0.15) is 5.82 Å². The molecule has 6 heteroatoms. The quantitative estimate of drug-likeness (QED) is 0.834. The van der Waals surface area contributed by atoms with Gasteiger partial charge in [-0.1, -0.05) is 13.3 Å². The van der Waals surface area contributed by atoms with Crippen molar-refractivity contribution in [1.29, 1.82) is 0 Å². The molecule has 2 saturated heterocycles. The number of carbonyl (C=O) groups is 1. The Morgan fingerprint density at radius 1 is 1.17 bits per heavy atom. The summed E-state index contributed by atoms with van der Waals surface area (Å²) in [5, 5.41) is 0. The van der Waals surface area contributed by atoms with Gasteiger partial charge in [-0.15, -0.1) is 0 Å². The van der Waals surface area contributed by atoms with Crippen molar-refractivity contribution in [1.82, 2.24) is 24.3 Å². The van der Waals surface area contributed by atoms with E-state index in [9.17, 15) is 4.79 Å². The van der Waals surface area contributed by atoms with Crippen LogP contribution in [0.3, 0.4) is 0 Å². The molecule has 3 rings (SSSR count). The molecule has 1 amide bonds. The maximum atomic E-state index is 13.0. The number of piperidine rings is 1. The number of aromatic nitrogens is 2. The third kappa shape index (κ3) is 3.98. The molecule has 1 aromatic heterocycles. The minimum absolute atomic E-state index is 0.116. The molecule has 2 aliphatic heterocycles. The monoisotopic (exact) mass is 333 g/mol. The molecule has 2 fully saturated rings. The van der Waals surface area contributed by atoms with E-state index in [1.165, 1.54) is 12.8 Å². The Hall–Kier alpha value is -1.40. The highest BCUT2D eigenvalue weighted by atomic mass is 16.2. The number of hydrogen-bond donors (Lipinski definition) is 0. The average Bonchev–Trinajstić information content (AvgIpc) is 2.87. The molecule has 3 heterocycles. The number of hydrogen-bond acceptors (Lipinski definition) is 4. The average molecular weight is 333 g/mol. The Balaban J connectivity index is 1.56. The summed E-state index contributed by atoms with van der Waals surface area (Å²) in [4.78, 5) is 24.3. The number of imidazole rings is 1. The molecule has 0 radical (unpaired) electrons. The largest absolute Gasteiger partial charge is 0.340 e. The second-order valence-electron chi connectivity index (χ2n) is 7.05. The zero-order valence-corrected chi connectivity index (χ0v) is 15.2. The topological polar surface area (TPSA) is 44.6 Å². The van der Waals surface area contributed by atoms with Gasteiger partial charge in [-0.2, -0.15) is 0 Å². The van der Waals surface area contributed by atoms with Crippen molar-refractivity contribution in [3.63, 3.8) is 0 Å². The molecule has 2 aliphatic rings. The minimum atomic E-state index is 0.116. The minimum Gasteiger partial charge on any atom is -0.340 e. The summed E-state index contributed by atoms with van der Waals surface area (Å²) in [6, 6.07) is 0.116. The van der Waals surface area contributed by atoms with Gasteiger partial charge in [-0.3, -0.25) is 14.6 Å². The number of carbonyl (C=O) groups excluding carboxylic acids is 1. The summed E-state index contributed by atoms with van der Waals surface area (Å²) in [5.74, 6) is 1.45. The zero-order chi connectivity index (χ0) is 16.9. The van der Waals surface area contributed by atoms with Gasteiger partial charge in [0, 0.05) is 45.6 Å². The van der Waals surface area contributed by atoms with E-state index in [-0.39, 0.29) is 6.04 Å². The summed E-state index contributed by atoms with van der Waals surface area (Å²) in [6.07, 6.45) is 8.34. The van der Waals surface area contributed by atoms with Gasteiger partial charge >= 0.3 is 0 Å². The molecule has 1 aromatic rings. The molecular formula is C18H31N5O. The van der Waals surface area contributed by atoms with Gasteiger partial charge in [-0.25, -0.2) is 4.98 Å². The van der Waals surface area contributed by atoms with Crippen LogP contribution in [0.5, 0.6) is 0 Å². The second-order valence-corrected chi connectivity index (χ2v) is 7.05. The fraction of sp³-hybridized carbons (Fsp3) is 0.778. The van der Waals surface area contributed by atoms with Crippen molar-refractivity contribution in [3.8, 4) is 0 Å². The summed E-state index contributed by atoms with van der Waals surface area (Å²) in [5.41, 5.74) is 0. The van der Waals surface area contributed by atoms with Gasteiger partial charge < -0.3 is 9.47 Å². The lowest BCUT2D eigenvalue weighted by Crippen LogP contribution is -2.51. The van der Waals surface area contributed by atoms with Crippen LogP contribution >= 0.6 is 0 Å². The van der Waals surface area contributed by atoms with Crippen LogP contribution in [0.1, 0.15) is 38.4 Å². The van der Waals surface area contributed by atoms with Gasteiger partial charge in [0.25, 0.3) is 0 Å². The summed E-state index contributed by atoms with van der Waals surface area (Å²) >= 11 is 0. The van der Waals surface area contributed by atoms with E-state index in [1.54, 1.807) is 0 Å². The van der Waals surface area contributed by atoms with Crippen molar-refractivity contribution in [2.45, 2.75) is 45.2 Å². The molecule has 1 atom stereocenters. The van der Waals surface area contributed by atoms with E-state index in [4.69, 9.17) is 0 Å². The van der Waals surface area contributed by atoms with E-state index in [1.807, 2.05) is 19.4 Å². The lowest BCUT2D eigenvalue weighted by molar-refractivity contribution is -0.138. The maximum absolute atomic E-state index is 13.0. The molecule has 0 aliphatic carbocycles. The summed E-state index contributed by atoms with van der Waals surface area (Å²) in [7, 11) is 2.04. The Kier molecular flexibility index (Phi) is 5.89. The molecule has 0 aromatic carbocycles. The Morgan fingerprint density at radius 2 is 2.04 bits per heavy atom. The van der Waals surface area contributed by atoms with Gasteiger partial charge in [-0.05, 0) is 32.4 Å². The Morgan fingerprint density at radius 3 is 2.79 bits per heavy atom. The predicted octanol–water partition coefficient (Wildman–Crippen LogP) is 1.33. The smallest absolute Gasteiger partial charge is 0.239 e. The molecule has 134 valence electrons. The predicted molar refractivity (Wildman–Crippen MR) is 94.6 cm³/mol. The zero-order valence-electron chi connectivity index (χ0n) is 15.2. The Labute approximate surface area is 145 Å². The van der Waals surface area contributed by atoms with E-state index in [2.05, 4.69) is 31.2 Å². The molecule has 0 unspecified atom stereocenters. The number of nitrogens with zero attached hydrogens (tertiary/aromatic N) is 5. The second kappa shape index (κ2) is 8.12. The van der Waals surface area contributed by atoms with Crippen LogP contribution in [0.15, 0.2) is 12.4 Å². The highest BCUT2D eigenvalue weighted by Gasteiger charge is 2.31. The first kappa shape index (κ1) is 17.4. The van der Waals surface area contributed by atoms with E-state index < -0.39 is 0 Å². The van der Waals surface area contributed by atoms with Crippen LogP contribution in [0.2, 0.25) is 0 Å². The van der Waals surface area contributed by atoms with Crippen molar-refractivity contribution in [3.05, 3.63) is 18.2 Å². The van der Waals surface area contributed by atoms with Crippen LogP contribution in [-0.4, -0.2) is 75.5 Å². The number of likely N-dealkylation sites (N-methyl/N-ethyl adjacent to an activating group) is 1. The van der Waals surface area contributed by atoms with Gasteiger partial charge in [0.15, 0.2) is 0 Å². The van der Waals surface area contributed by atoms with Crippen LogP contribution in [-0.2, 0) is 18.4 Å². The summed E-state index contributed by atoms with van der Waals surface area (Å²) < 4.78 is 2.08. The van der Waals surface area contributed by atoms with Crippen LogP contribution in [0, 0.1) is 0 Å². The number of rotatable bonds is 4. The first-order chi connectivity index (χ1) is 11.7. The first-order valence-electron chi connectivity index (χ1n) is 9.40. The maximum Gasteiger partial charge on any atom is 0.239 e. The third-order valence-corrected chi connectivity index (χ3v) is 5.49. The molecule has 0 bridgehead atoms. The third-order valence-electron chi connectivity index (χ3n) is 5.49. The molecule has 0 N–H and O–H groups in total. The van der Waals surface area contributed by atoms with Crippen molar-refractivity contribution in [2.75, 3.05) is 39.3 Å². The molecule has 0 saturated carbocycles. The molecule has 24 heavy (non-hydrogen) atoms. The highest BCUT2D eigenvalue weighted by Crippen LogP contribution is 2.19. The molecular weight excluding hydrogens is 302 g/mol. The number of aryl methyl sites for hydroxylation is 1. The highest BCUT2D eigenvalue weighted by molar-refractivity contribution is 5.82. The van der Waals surface area contributed by atoms with E-state index >= 15 is 0 Å². The Bertz CT molecular complexity index is 543. The fourth-order valence-electron chi connectivity index (χ4n) is 3.96. The molecule has 6 nitrogen and oxygen atoms in total. The van der Waals surface area contributed by atoms with E-state index in [0.717, 1.165) is 64.5 Å². The van der Waals surface area contributed by atoms with Gasteiger partial charge in [0.05, 0.1) is 12.6 Å². The van der Waals surface area contributed by atoms with Crippen molar-refractivity contribution in [2.24, 2.45) is 7.05 Å². The van der Waals surface area contributed by atoms with Gasteiger partial charge in [0.2, 0.25) is 5.91 Å². The fourth-order valence-corrected chi connectivity index (χ4v) is 3.96. The van der Waals surface area contributed by atoms with Crippen LogP contribution in [0.25, 0.3) is 0 Å². The van der Waals surface area contributed by atoms with Crippen molar-refractivity contribution < 1.29 is 4.79 Å². The SMILES string of the molecule is CCN1CCCC[C@@H]1C(=O)N1CCCN(Cc2nccn2C)CC1. The normalized spacial score (nSPS) is 24.1. The van der Waals surface area contributed by atoms with Crippen molar-refractivity contribution >= 4 is 5.91 Å². The summed E-state index contributed by atoms with van der Waals surface area (Å²) in [6.45, 7) is 8.82. The lowest BCUT2D eigenvalue weighted by Gasteiger charge is -2.36. The van der Waals surface area contributed by atoms with Crippen LogP contribution in [0.4, 0.5) is 0 Å². The standard InChI is InChI=1S/C18H31N5O/c1-3-22-10-5-4-7-16(22)18(24)23-11-6-9-21(13-14-23)15-17-19-8-12-20(17)2/h8,12,16H,3-7,9-11,13-15H2,1-2H3/t16-/m1/s1.